The standard InChI is InChI=1S/C16H23N3O2/c1-11(2)9-13(17)16(21)18-7-8-19-14-6-4-3-5-12(14)10-15(19)20/h3-6,11,13H,7-10,17H2,1-2H3,(H,18,21)/t13-/m0/s1. The van der Waals surface area contributed by atoms with Crippen LogP contribution >= 0.6 is 0 Å². The van der Waals surface area contributed by atoms with Crippen LogP contribution in [0.15, 0.2) is 24.3 Å². The molecule has 0 aromatic heterocycles. The van der Waals surface area contributed by atoms with Crippen molar-refractivity contribution >= 4 is 17.5 Å². The summed E-state index contributed by atoms with van der Waals surface area (Å²) in [5.74, 6) is 0.318. The number of anilines is 1. The summed E-state index contributed by atoms with van der Waals surface area (Å²) in [6.45, 7) is 4.97. The number of carbonyl (C=O) groups excluding carboxylic acids is 2. The third kappa shape index (κ3) is 3.82. The van der Waals surface area contributed by atoms with E-state index in [9.17, 15) is 9.59 Å². The Kier molecular flexibility index (Phi) is 4.96. The van der Waals surface area contributed by atoms with Gasteiger partial charge in [-0.1, -0.05) is 32.0 Å². The first-order valence-electron chi connectivity index (χ1n) is 7.40. The molecule has 1 aliphatic rings. The number of benzene rings is 1. The molecule has 0 fully saturated rings. The number of carbonyl (C=O) groups is 2. The second kappa shape index (κ2) is 6.72. The van der Waals surface area contributed by atoms with Crippen LogP contribution in [0.5, 0.6) is 0 Å². The van der Waals surface area contributed by atoms with Crippen LogP contribution in [0.4, 0.5) is 5.69 Å². The maximum atomic E-state index is 12.0. The molecule has 114 valence electrons. The van der Waals surface area contributed by atoms with Gasteiger partial charge in [0.1, 0.15) is 0 Å². The Labute approximate surface area is 125 Å². The van der Waals surface area contributed by atoms with E-state index in [4.69, 9.17) is 5.73 Å². The van der Waals surface area contributed by atoms with E-state index in [1.165, 1.54) is 0 Å². The number of rotatable bonds is 6. The van der Waals surface area contributed by atoms with E-state index in [2.05, 4.69) is 5.32 Å². The lowest BCUT2D eigenvalue weighted by atomic mass is 10.0. The van der Waals surface area contributed by atoms with Crippen molar-refractivity contribution in [2.24, 2.45) is 11.7 Å². The van der Waals surface area contributed by atoms with Crippen LogP contribution in [0.25, 0.3) is 0 Å². The summed E-state index contributed by atoms with van der Waals surface area (Å²) in [4.78, 5) is 25.5. The fourth-order valence-electron chi connectivity index (χ4n) is 2.60. The second-order valence-electron chi connectivity index (χ2n) is 5.88. The van der Waals surface area contributed by atoms with E-state index < -0.39 is 6.04 Å². The van der Waals surface area contributed by atoms with E-state index in [-0.39, 0.29) is 11.8 Å². The molecule has 0 bridgehead atoms. The Balaban J connectivity index is 1.84. The Morgan fingerprint density at radius 1 is 1.38 bits per heavy atom. The maximum Gasteiger partial charge on any atom is 0.236 e. The van der Waals surface area contributed by atoms with Gasteiger partial charge in [0.05, 0.1) is 12.5 Å². The smallest absolute Gasteiger partial charge is 0.236 e. The van der Waals surface area contributed by atoms with Gasteiger partial charge in [-0.3, -0.25) is 9.59 Å². The van der Waals surface area contributed by atoms with Gasteiger partial charge in [0.2, 0.25) is 11.8 Å². The molecule has 0 unspecified atom stereocenters. The van der Waals surface area contributed by atoms with E-state index in [0.717, 1.165) is 11.3 Å². The molecule has 1 heterocycles. The summed E-state index contributed by atoms with van der Waals surface area (Å²) < 4.78 is 0. The highest BCUT2D eigenvalue weighted by atomic mass is 16.2. The fourth-order valence-corrected chi connectivity index (χ4v) is 2.60. The first-order chi connectivity index (χ1) is 9.99. The minimum Gasteiger partial charge on any atom is -0.353 e. The largest absolute Gasteiger partial charge is 0.353 e. The van der Waals surface area contributed by atoms with E-state index in [1.807, 2.05) is 38.1 Å². The van der Waals surface area contributed by atoms with Gasteiger partial charge in [-0.15, -0.1) is 0 Å². The average Bonchev–Trinajstić information content (AvgIpc) is 2.74. The first kappa shape index (κ1) is 15.5. The summed E-state index contributed by atoms with van der Waals surface area (Å²) in [5, 5.41) is 2.81. The van der Waals surface area contributed by atoms with Crippen molar-refractivity contribution in [1.29, 1.82) is 0 Å². The molecule has 21 heavy (non-hydrogen) atoms. The van der Waals surface area contributed by atoms with E-state index in [1.54, 1.807) is 4.90 Å². The predicted octanol–water partition coefficient (Wildman–Crippen LogP) is 1.07. The van der Waals surface area contributed by atoms with Crippen molar-refractivity contribution in [2.75, 3.05) is 18.0 Å². The van der Waals surface area contributed by atoms with Crippen molar-refractivity contribution in [3.63, 3.8) is 0 Å². The normalized spacial score (nSPS) is 15.2. The van der Waals surface area contributed by atoms with Gasteiger partial charge in [0.15, 0.2) is 0 Å². The number of amides is 2. The summed E-state index contributed by atoms with van der Waals surface area (Å²) >= 11 is 0. The van der Waals surface area contributed by atoms with Crippen LogP contribution in [0.2, 0.25) is 0 Å². The summed E-state index contributed by atoms with van der Waals surface area (Å²) in [7, 11) is 0. The Morgan fingerprint density at radius 2 is 2.10 bits per heavy atom. The zero-order valence-electron chi connectivity index (χ0n) is 12.6. The average molecular weight is 289 g/mol. The maximum absolute atomic E-state index is 12.0. The first-order valence-corrected chi connectivity index (χ1v) is 7.40. The molecule has 0 spiro atoms. The summed E-state index contributed by atoms with van der Waals surface area (Å²) in [5.41, 5.74) is 7.82. The Morgan fingerprint density at radius 3 is 2.81 bits per heavy atom. The van der Waals surface area contributed by atoms with E-state index in [0.29, 0.717) is 31.8 Å². The summed E-state index contributed by atoms with van der Waals surface area (Å²) in [6, 6.07) is 7.27. The van der Waals surface area contributed by atoms with Crippen LogP contribution in [0, 0.1) is 5.92 Å². The third-order valence-electron chi connectivity index (χ3n) is 3.62. The number of fused-ring (bicyclic) bond motifs is 1. The molecule has 3 N–H and O–H groups in total. The van der Waals surface area contributed by atoms with Crippen LogP contribution in [0.3, 0.4) is 0 Å². The van der Waals surface area contributed by atoms with Crippen molar-refractivity contribution in [1.82, 2.24) is 5.32 Å². The van der Waals surface area contributed by atoms with Gasteiger partial charge in [-0.2, -0.15) is 0 Å². The van der Waals surface area contributed by atoms with Crippen LogP contribution < -0.4 is 16.0 Å². The molecule has 2 amide bonds. The molecule has 1 aliphatic heterocycles. The minimum absolute atomic E-state index is 0.0805. The number of nitrogens with two attached hydrogens (primary N) is 1. The molecule has 1 aromatic rings. The highest BCUT2D eigenvalue weighted by Crippen LogP contribution is 2.27. The van der Waals surface area contributed by atoms with Crippen molar-refractivity contribution in [3.05, 3.63) is 29.8 Å². The van der Waals surface area contributed by atoms with Crippen LogP contribution in [-0.2, 0) is 16.0 Å². The van der Waals surface area contributed by atoms with Crippen molar-refractivity contribution in [2.45, 2.75) is 32.7 Å². The highest BCUT2D eigenvalue weighted by molar-refractivity contribution is 6.01. The van der Waals surface area contributed by atoms with Crippen molar-refractivity contribution < 1.29 is 9.59 Å². The minimum atomic E-state index is -0.480. The lowest BCUT2D eigenvalue weighted by Crippen LogP contribution is -2.44. The number of para-hydroxylation sites is 1. The quantitative estimate of drug-likeness (QED) is 0.822. The van der Waals surface area contributed by atoms with E-state index >= 15 is 0 Å². The molecule has 0 radical (unpaired) electrons. The molecule has 2 rings (SSSR count). The zero-order chi connectivity index (χ0) is 15.4. The molecule has 1 aromatic carbocycles. The molecule has 0 saturated carbocycles. The monoisotopic (exact) mass is 289 g/mol. The highest BCUT2D eigenvalue weighted by Gasteiger charge is 2.26. The SMILES string of the molecule is CC(C)C[C@H](N)C(=O)NCCN1C(=O)Cc2ccccc21. The van der Waals surface area contributed by atoms with Gasteiger partial charge >= 0.3 is 0 Å². The fraction of sp³-hybridized carbons (Fsp3) is 0.500. The number of nitrogens with zero attached hydrogens (tertiary/aromatic N) is 1. The molecule has 0 saturated heterocycles. The van der Waals surface area contributed by atoms with Gasteiger partial charge in [-0.25, -0.2) is 0 Å². The number of nitrogens with one attached hydrogen (secondary N) is 1. The molecule has 1 atom stereocenters. The Hall–Kier alpha value is -1.88. The molecule has 5 heteroatoms. The number of hydrogen-bond donors (Lipinski definition) is 2. The lowest BCUT2D eigenvalue weighted by Gasteiger charge is -2.19. The molecule has 5 nitrogen and oxygen atoms in total. The summed E-state index contributed by atoms with van der Waals surface area (Å²) in [6.07, 6.45) is 1.11. The van der Waals surface area contributed by atoms with Crippen LogP contribution in [-0.4, -0.2) is 30.9 Å². The van der Waals surface area contributed by atoms with Crippen molar-refractivity contribution in [3.8, 4) is 0 Å². The molecular formula is C16H23N3O2. The van der Waals surface area contributed by atoms with Gasteiger partial charge < -0.3 is 16.0 Å². The topological polar surface area (TPSA) is 75.4 Å². The third-order valence-corrected chi connectivity index (χ3v) is 3.62. The zero-order valence-corrected chi connectivity index (χ0v) is 12.6. The van der Waals surface area contributed by atoms with Gasteiger partial charge in [0, 0.05) is 18.8 Å². The second-order valence-corrected chi connectivity index (χ2v) is 5.88. The molecule has 0 aliphatic carbocycles. The molecular weight excluding hydrogens is 266 g/mol. The van der Waals surface area contributed by atoms with Gasteiger partial charge in [-0.05, 0) is 24.0 Å². The van der Waals surface area contributed by atoms with Crippen LogP contribution in [0.1, 0.15) is 25.8 Å². The number of hydrogen-bond acceptors (Lipinski definition) is 3. The lowest BCUT2D eigenvalue weighted by molar-refractivity contribution is -0.123. The van der Waals surface area contributed by atoms with Gasteiger partial charge in [0.25, 0.3) is 0 Å². The Bertz CT molecular complexity index is 528. The predicted molar refractivity (Wildman–Crippen MR) is 82.9 cm³/mol.